The monoisotopic (exact) mass is 275 g/mol. The second-order valence-corrected chi connectivity index (χ2v) is 5.23. The lowest BCUT2D eigenvalue weighted by Crippen LogP contribution is -2.29. The number of rotatable bonds is 4. The highest BCUT2D eigenvalue weighted by Crippen LogP contribution is 2.27. The largest absolute Gasteiger partial charge is 0.271 e. The fraction of sp³-hybridized carbons (Fsp3) is 0.267. The SMILES string of the molecule is CC(C)c1ccc(C(NN)c2ccncc2Cl)cc1. The maximum Gasteiger partial charge on any atom is 0.0725 e. The van der Waals surface area contributed by atoms with E-state index < -0.39 is 0 Å². The van der Waals surface area contributed by atoms with Crippen molar-refractivity contribution in [1.82, 2.24) is 10.4 Å². The van der Waals surface area contributed by atoms with Crippen molar-refractivity contribution in [3.63, 3.8) is 0 Å². The minimum atomic E-state index is -0.128. The highest BCUT2D eigenvalue weighted by atomic mass is 35.5. The van der Waals surface area contributed by atoms with Crippen LogP contribution in [0.4, 0.5) is 0 Å². The zero-order chi connectivity index (χ0) is 13.8. The molecule has 0 aliphatic heterocycles. The summed E-state index contributed by atoms with van der Waals surface area (Å²) in [5, 5.41) is 0.610. The highest BCUT2D eigenvalue weighted by Gasteiger charge is 2.15. The van der Waals surface area contributed by atoms with Crippen LogP contribution in [0.1, 0.15) is 42.5 Å². The Bertz CT molecular complexity index is 537. The normalized spacial score (nSPS) is 12.7. The van der Waals surface area contributed by atoms with Crippen LogP contribution >= 0.6 is 11.6 Å². The molecule has 3 nitrogen and oxygen atoms in total. The molecule has 19 heavy (non-hydrogen) atoms. The summed E-state index contributed by atoms with van der Waals surface area (Å²) in [7, 11) is 0. The summed E-state index contributed by atoms with van der Waals surface area (Å²) in [6.45, 7) is 4.35. The molecule has 1 unspecified atom stereocenters. The molecular weight excluding hydrogens is 258 g/mol. The second kappa shape index (κ2) is 6.15. The Kier molecular flexibility index (Phi) is 4.53. The molecule has 0 aliphatic carbocycles. The number of pyridine rings is 1. The van der Waals surface area contributed by atoms with Gasteiger partial charge in [-0.25, -0.2) is 5.43 Å². The fourth-order valence-corrected chi connectivity index (χ4v) is 2.29. The summed E-state index contributed by atoms with van der Waals surface area (Å²) in [4.78, 5) is 3.99. The van der Waals surface area contributed by atoms with Gasteiger partial charge in [0.15, 0.2) is 0 Å². The molecule has 100 valence electrons. The van der Waals surface area contributed by atoms with Gasteiger partial charge >= 0.3 is 0 Å². The Hall–Kier alpha value is -1.42. The molecule has 3 N–H and O–H groups in total. The number of benzene rings is 1. The summed E-state index contributed by atoms with van der Waals surface area (Å²) in [6.07, 6.45) is 3.34. The topological polar surface area (TPSA) is 50.9 Å². The average molecular weight is 276 g/mol. The first-order valence-electron chi connectivity index (χ1n) is 6.29. The smallest absolute Gasteiger partial charge is 0.0725 e. The van der Waals surface area contributed by atoms with E-state index in [9.17, 15) is 0 Å². The number of aromatic nitrogens is 1. The lowest BCUT2D eigenvalue weighted by atomic mass is 9.96. The molecule has 0 aliphatic rings. The molecule has 1 heterocycles. The quantitative estimate of drug-likeness (QED) is 0.664. The molecule has 2 rings (SSSR count). The summed E-state index contributed by atoms with van der Waals surface area (Å²) in [5.41, 5.74) is 6.13. The average Bonchev–Trinajstić information content (AvgIpc) is 2.42. The van der Waals surface area contributed by atoms with Crippen LogP contribution in [0.2, 0.25) is 5.02 Å². The number of halogens is 1. The van der Waals surface area contributed by atoms with E-state index in [2.05, 4.69) is 48.5 Å². The van der Waals surface area contributed by atoms with Gasteiger partial charge in [-0.15, -0.1) is 0 Å². The van der Waals surface area contributed by atoms with Gasteiger partial charge in [-0.05, 0) is 28.7 Å². The lowest BCUT2D eigenvalue weighted by Gasteiger charge is -2.18. The molecule has 0 fully saturated rings. The van der Waals surface area contributed by atoms with E-state index in [0.29, 0.717) is 10.9 Å². The first-order chi connectivity index (χ1) is 9.13. The third-order valence-corrected chi connectivity index (χ3v) is 3.53. The molecule has 0 saturated heterocycles. The minimum absolute atomic E-state index is 0.128. The Balaban J connectivity index is 2.35. The number of nitrogens with zero attached hydrogens (tertiary/aromatic N) is 1. The van der Waals surface area contributed by atoms with Crippen LogP contribution in [0, 0.1) is 0 Å². The standard InChI is InChI=1S/C15H18ClN3/c1-10(2)11-3-5-12(6-4-11)15(19-17)13-7-8-18-9-14(13)16/h3-10,15,19H,17H2,1-2H3. The maximum atomic E-state index is 6.17. The highest BCUT2D eigenvalue weighted by molar-refractivity contribution is 6.31. The van der Waals surface area contributed by atoms with Gasteiger partial charge in [0.1, 0.15) is 0 Å². The number of nitrogens with one attached hydrogen (secondary N) is 1. The predicted octanol–water partition coefficient (Wildman–Crippen LogP) is 3.41. The fourth-order valence-electron chi connectivity index (χ4n) is 2.06. The van der Waals surface area contributed by atoms with E-state index in [-0.39, 0.29) is 6.04 Å². The molecule has 2 aromatic rings. The molecule has 1 atom stereocenters. The summed E-state index contributed by atoms with van der Waals surface area (Å²) < 4.78 is 0. The van der Waals surface area contributed by atoms with Crippen molar-refractivity contribution in [3.8, 4) is 0 Å². The zero-order valence-corrected chi connectivity index (χ0v) is 11.9. The Morgan fingerprint density at radius 3 is 2.26 bits per heavy atom. The van der Waals surface area contributed by atoms with Gasteiger partial charge in [0, 0.05) is 12.4 Å². The van der Waals surface area contributed by atoms with Crippen LogP contribution in [-0.4, -0.2) is 4.98 Å². The summed E-state index contributed by atoms with van der Waals surface area (Å²) in [6, 6.07) is 10.2. The molecule has 1 aromatic carbocycles. The van der Waals surface area contributed by atoms with E-state index in [1.54, 1.807) is 12.4 Å². The van der Waals surface area contributed by atoms with Crippen molar-refractivity contribution in [3.05, 3.63) is 64.4 Å². The van der Waals surface area contributed by atoms with Crippen LogP contribution in [0.25, 0.3) is 0 Å². The number of nitrogens with two attached hydrogens (primary N) is 1. The number of hydrogen-bond acceptors (Lipinski definition) is 3. The van der Waals surface area contributed by atoms with Crippen LogP contribution in [0.15, 0.2) is 42.7 Å². The predicted molar refractivity (Wildman–Crippen MR) is 78.9 cm³/mol. The van der Waals surface area contributed by atoms with Crippen molar-refractivity contribution in [2.45, 2.75) is 25.8 Å². The van der Waals surface area contributed by atoms with Gasteiger partial charge in [-0.2, -0.15) is 0 Å². The van der Waals surface area contributed by atoms with Gasteiger partial charge in [-0.3, -0.25) is 10.8 Å². The van der Waals surface area contributed by atoms with Crippen LogP contribution in [0.5, 0.6) is 0 Å². The van der Waals surface area contributed by atoms with Crippen molar-refractivity contribution in [2.24, 2.45) is 5.84 Å². The molecule has 0 radical (unpaired) electrons. The van der Waals surface area contributed by atoms with Gasteiger partial charge in [0.05, 0.1) is 11.1 Å². The molecular formula is C15H18ClN3. The van der Waals surface area contributed by atoms with E-state index in [1.165, 1.54) is 5.56 Å². The van der Waals surface area contributed by atoms with Crippen molar-refractivity contribution < 1.29 is 0 Å². The molecule has 0 amide bonds. The lowest BCUT2D eigenvalue weighted by molar-refractivity contribution is 0.636. The first kappa shape index (κ1) is 14.0. The zero-order valence-electron chi connectivity index (χ0n) is 11.1. The third-order valence-electron chi connectivity index (χ3n) is 3.22. The third kappa shape index (κ3) is 3.13. The van der Waals surface area contributed by atoms with Gasteiger partial charge in [-0.1, -0.05) is 49.7 Å². The van der Waals surface area contributed by atoms with Crippen LogP contribution in [0.3, 0.4) is 0 Å². The molecule has 1 aromatic heterocycles. The van der Waals surface area contributed by atoms with Gasteiger partial charge in [0.25, 0.3) is 0 Å². The van der Waals surface area contributed by atoms with Crippen LogP contribution < -0.4 is 11.3 Å². The minimum Gasteiger partial charge on any atom is -0.271 e. The van der Waals surface area contributed by atoms with E-state index in [1.807, 2.05) is 6.07 Å². The van der Waals surface area contributed by atoms with Crippen molar-refractivity contribution in [1.29, 1.82) is 0 Å². The van der Waals surface area contributed by atoms with E-state index in [4.69, 9.17) is 17.4 Å². The van der Waals surface area contributed by atoms with Gasteiger partial charge < -0.3 is 0 Å². The summed E-state index contributed by atoms with van der Waals surface area (Å²) >= 11 is 6.17. The van der Waals surface area contributed by atoms with Crippen molar-refractivity contribution in [2.75, 3.05) is 0 Å². The van der Waals surface area contributed by atoms with Gasteiger partial charge in [0.2, 0.25) is 0 Å². The number of hydrazine groups is 1. The van der Waals surface area contributed by atoms with Crippen molar-refractivity contribution >= 4 is 11.6 Å². The van der Waals surface area contributed by atoms with E-state index in [0.717, 1.165) is 11.1 Å². The molecule has 0 saturated carbocycles. The summed E-state index contributed by atoms with van der Waals surface area (Å²) in [5.74, 6) is 6.19. The Morgan fingerprint density at radius 2 is 1.74 bits per heavy atom. The molecule has 0 bridgehead atoms. The second-order valence-electron chi connectivity index (χ2n) is 4.82. The Labute approximate surface area is 118 Å². The molecule has 4 heteroatoms. The first-order valence-corrected chi connectivity index (χ1v) is 6.66. The maximum absolute atomic E-state index is 6.17. The Morgan fingerprint density at radius 1 is 1.11 bits per heavy atom. The number of hydrogen-bond donors (Lipinski definition) is 2. The van der Waals surface area contributed by atoms with E-state index >= 15 is 0 Å². The van der Waals surface area contributed by atoms with Crippen LogP contribution in [-0.2, 0) is 0 Å². The molecule has 0 spiro atoms.